The second-order valence-electron chi connectivity index (χ2n) is 1.41. The highest BCUT2D eigenvalue weighted by Gasteiger charge is 1.36. The van der Waals surface area contributed by atoms with E-state index in [1.54, 1.807) is 0 Å². The van der Waals surface area contributed by atoms with Crippen molar-refractivity contribution in [2.75, 3.05) is 0 Å². The van der Waals surface area contributed by atoms with Crippen LogP contribution < -0.4 is 0 Å². The summed E-state index contributed by atoms with van der Waals surface area (Å²) >= 11 is 0. The van der Waals surface area contributed by atoms with E-state index in [0.29, 0.717) is 0 Å². The fourth-order valence-electron chi connectivity index (χ4n) is 0. The van der Waals surface area contributed by atoms with E-state index >= 15 is 0 Å². The summed E-state index contributed by atoms with van der Waals surface area (Å²) in [5.74, 6) is 0. The van der Waals surface area contributed by atoms with Crippen molar-refractivity contribution in [2.45, 2.75) is 48.0 Å². The van der Waals surface area contributed by atoms with E-state index < -0.39 is 0 Å². The third-order valence-corrected chi connectivity index (χ3v) is 0. The normalized spacial score (nSPS) is 4.00. The molecule has 0 aromatic carbocycles. The predicted molar refractivity (Wildman–Crippen MR) is 50.2 cm³/mol. The fraction of sp³-hybridized carbons (Fsp3) is 1.00. The van der Waals surface area contributed by atoms with E-state index in [2.05, 4.69) is 27.7 Å². The summed E-state index contributed by atoms with van der Waals surface area (Å²) in [7, 11) is 0. The van der Waals surface area contributed by atoms with E-state index in [0.717, 1.165) is 0 Å². The quantitative estimate of drug-likeness (QED) is 0.437. The van der Waals surface area contributed by atoms with Gasteiger partial charge in [0.25, 0.3) is 0 Å². The Hall–Kier alpha value is 0.130. The van der Waals surface area contributed by atoms with Gasteiger partial charge in [0.15, 0.2) is 0 Å². The highest BCUT2D eigenvalue weighted by atomic mass is 13.4. The molecule has 54 valence electrons. The van der Waals surface area contributed by atoms with Crippen LogP contribution in [0.25, 0.3) is 0 Å². The number of hydrogen-bond donors (Lipinski definition) is 0. The predicted octanol–water partition coefficient (Wildman–Crippen LogP) is 2.71. The average Bonchev–Trinajstić information content (AvgIpc) is 1.39. The van der Waals surface area contributed by atoms with Gasteiger partial charge < -0.3 is 0 Å². The van der Waals surface area contributed by atoms with Crippen molar-refractivity contribution in [2.24, 2.45) is 0 Å². The lowest BCUT2D eigenvalue weighted by atomic mass is 10.6. The molecule has 9 heavy (non-hydrogen) atoms. The van der Waals surface area contributed by atoms with Crippen molar-refractivity contribution in [3.63, 3.8) is 0 Å². The lowest BCUT2D eigenvalue weighted by Gasteiger charge is -1.48. The van der Waals surface area contributed by atoms with Crippen LogP contribution in [0.15, 0.2) is 0 Å². The first-order chi connectivity index (χ1) is 2.83. The highest BCUT2D eigenvalue weighted by Crippen LogP contribution is 1.56. The molecule has 0 aliphatic heterocycles. The molecule has 0 heterocycles. The molecule has 0 amide bonds. The van der Waals surface area contributed by atoms with Gasteiger partial charge in [0.05, 0.1) is 0 Å². The van der Waals surface area contributed by atoms with Crippen molar-refractivity contribution < 1.29 is 0 Å². The zero-order valence-electron chi connectivity index (χ0n) is 6.57. The maximum atomic E-state index is 2.12. The van der Waals surface area contributed by atoms with Gasteiger partial charge in [0.2, 0.25) is 0 Å². The molecule has 0 spiro atoms. The van der Waals surface area contributed by atoms with Crippen LogP contribution in [0.4, 0.5) is 0 Å². The Labute approximate surface area is 65.6 Å². The number of rotatable bonds is 0. The monoisotopic (exact) mass is 126 g/mol. The van der Waals surface area contributed by atoms with E-state index in [-0.39, 0.29) is 24.3 Å². The van der Waals surface area contributed by atoms with Gasteiger partial charge in [0, 0.05) is 16.8 Å². The van der Waals surface area contributed by atoms with Gasteiger partial charge >= 0.3 is 0 Å². The maximum Gasteiger partial charge on any atom is 0 e. The van der Waals surface area contributed by atoms with Crippen molar-refractivity contribution in [3.8, 4) is 0 Å². The van der Waals surface area contributed by atoms with Gasteiger partial charge in [-0.2, -0.15) is 0 Å². The molecule has 0 saturated heterocycles. The molecule has 0 N–H and O–H groups in total. The largest absolute Gasteiger partial charge is 0.0776 e. The summed E-state index contributed by atoms with van der Waals surface area (Å²) < 4.78 is 0. The molecule has 0 fully saturated rings. The molecule has 0 unspecified atom stereocenters. The first-order valence-electron chi connectivity index (χ1n) is 2.83. The fourth-order valence-corrected chi connectivity index (χ4v) is 0. The molecule has 0 rings (SSSR count). The topological polar surface area (TPSA) is 0 Å². The summed E-state index contributed by atoms with van der Waals surface area (Å²) in [4.78, 5) is 0. The first kappa shape index (κ1) is 35.4. The van der Waals surface area contributed by atoms with Crippen molar-refractivity contribution >= 4 is 16.8 Å². The van der Waals surface area contributed by atoms with E-state index in [9.17, 15) is 0 Å². The molecule has 0 nitrogen and oxygen atoms in total. The molecule has 6 radical (unpaired) electrons. The van der Waals surface area contributed by atoms with Crippen LogP contribution in [0.3, 0.4) is 0 Å². The van der Waals surface area contributed by atoms with E-state index in [4.69, 9.17) is 0 Å². The molecule has 0 bridgehead atoms. The molecular weight excluding hydrogens is 106 g/mol. The van der Waals surface area contributed by atoms with Crippen LogP contribution in [0.1, 0.15) is 48.0 Å². The Bertz CT molecular complexity index is 8.88. The summed E-state index contributed by atoms with van der Waals surface area (Å²) in [6, 6.07) is 0. The molecule has 0 aliphatic rings. The van der Waals surface area contributed by atoms with Gasteiger partial charge in [-0.3, -0.25) is 0 Å². The standard InChI is InChI=1S/2C3H8.CH4.2B/c2*1-3-2;;;/h2*3H2,1-2H3;1H4;;. The van der Waals surface area contributed by atoms with Crippen molar-refractivity contribution in [1.82, 2.24) is 0 Å². The minimum Gasteiger partial charge on any atom is -0.0776 e. The minimum atomic E-state index is 0. The molecule has 0 saturated carbocycles. The Morgan fingerprint density at radius 2 is 0.667 bits per heavy atom. The van der Waals surface area contributed by atoms with Crippen molar-refractivity contribution in [1.29, 1.82) is 0 Å². The smallest absolute Gasteiger partial charge is 0 e. The molecule has 0 aromatic rings. The average molecular weight is 126 g/mol. The van der Waals surface area contributed by atoms with Crippen LogP contribution in [-0.2, 0) is 0 Å². The third kappa shape index (κ3) is 18100. The summed E-state index contributed by atoms with van der Waals surface area (Å²) in [6.07, 6.45) is 2.50. The van der Waals surface area contributed by atoms with Gasteiger partial charge in [0.1, 0.15) is 0 Å². The molecule has 0 atom stereocenters. The molecule has 2 heteroatoms. The Morgan fingerprint density at radius 1 is 0.667 bits per heavy atom. The second kappa shape index (κ2) is 91.1. The lowest BCUT2D eigenvalue weighted by molar-refractivity contribution is 1.09. The molecular formula is C7H20B2. The van der Waals surface area contributed by atoms with Crippen LogP contribution in [0.2, 0.25) is 0 Å². The highest BCUT2D eigenvalue weighted by molar-refractivity contribution is 5.76. The maximum absolute atomic E-state index is 2.12. The summed E-state index contributed by atoms with van der Waals surface area (Å²) in [5, 5.41) is 0. The van der Waals surface area contributed by atoms with Crippen LogP contribution in [-0.4, -0.2) is 16.8 Å². The minimum absolute atomic E-state index is 0. The second-order valence-corrected chi connectivity index (χ2v) is 1.41. The number of hydrogen-bond acceptors (Lipinski definition) is 0. The first-order valence-corrected chi connectivity index (χ1v) is 2.83. The zero-order chi connectivity index (χ0) is 5.41. The molecule has 0 aliphatic carbocycles. The van der Waals surface area contributed by atoms with Crippen LogP contribution in [0, 0.1) is 0 Å². The van der Waals surface area contributed by atoms with Gasteiger partial charge in [-0.25, -0.2) is 0 Å². The lowest BCUT2D eigenvalue weighted by Crippen LogP contribution is -1.27. The van der Waals surface area contributed by atoms with Crippen LogP contribution in [0.5, 0.6) is 0 Å². The zero-order valence-corrected chi connectivity index (χ0v) is 6.57. The Kier molecular flexibility index (Phi) is 358. The Morgan fingerprint density at radius 3 is 0.667 bits per heavy atom. The van der Waals surface area contributed by atoms with E-state index in [1.165, 1.54) is 12.8 Å². The van der Waals surface area contributed by atoms with Crippen molar-refractivity contribution in [3.05, 3.63) is 0 Å². The SMILES string of the molecule is C.CCC.CCC.[B].[B]. The summed E-state index contributed by atoms with van der Waals surface area (Å²) in [5.41, 5.74) is 0. The van der Waals surface area contributed by atoms with Gasteiger partial charge in [-0.15, -0.1) is 0 Å². The summed E-state index contributed by atoms with van der Waals surface area (Å²) in [6.45, 7) is 8.50. The van der Waals surface area contributed by atoms with Gasteiger partial charge in [-0.05, 0) is 0 Å². The van der Waals surface area contributed by atoms with E-state index in [1.807, 2.05) is 0 Å². The molecule has 0 aromatic heterocycles. The van der Waals surface area contributed by atoms with Crippen LogP contribution >= 0.6 is 0 Å². The third-order valence-electron chi connectivity index (χ3n) is 0. The van der Waals surface area contributed by atoms with Gasteiger partial charge in [-0.1, -0.05) is 48.0 Å². The Balaban J connectivity index is -0.00000000889.